The van der Waals surface area contributed by atoms with Crippen LogP contribution in [-0.4, -0.2) is 23.5 Å². The van der Waals surface area contributed by atoms with Gasteiger partial charge in [-0.1, -0.05) is 23.8 Å². The minimum atomic E-state index is -0.363. The van der Waals surface area contributed by atoms with Gasteiger partial charge < -0.3 is 16.4 Å². The Bertz CT molecular complexity index is 465. The van der Waals surface area contributed by atoms with Gasteiger partial charge >= 0.3 is 0 Å². The molecule has 6 heteroatoms. The molecule has 1 atom stereocenters. The van der Waals surface area contributed by atoms with Crippen LogP contribution in [-0.2, 0) is 4.79 Å². The quantitative estimate of drug-likeness (QED) is 0.723. The van der Waals surface area contributed by atoms with Crippen LogP contribution in [0.25, 0.3) is 0 Å². The van der Waals surface area contributed by atoms with Gasteiger partial charge in [-0.05, 0) is 32.0 Å². The molecule has 98 valence electrons. The summed E-state index contributed by atoms with van der Waals surface area (Å²) in [6, 6.07) is 4.84. The van der Waals surface area contributed by atoms with Crippen molar-refractivity contribution in [2.75, 3.05) is 11.9 Å². The van der Waals surface area contributed by atoms with Crippen LogP contribution in [0.15, 0.2) is 18.2 Å². The molecule has 0 bridgehead atoms. The van der Waals surface area contributed by atoms with E-state index in [-0.39, 0.29) is 11.9 Å². The summed E-state index contributed by atoms with van der Waals surface area (Å²) in [7, 11) is 0. The number of anilines is 1. The Morgan fingerprint density at radius 1 is 1.56 bits per heavy atom. The van der Waals surface area contributed by atoms with Gasteiger partial charge in [0, 0.05) is 12.1 Å². The second-order valence-corrected chi connectivity index (χ2v) is 4.67. The molecule has 0 aliphatic heterocycles. The summed E-state index contributed by atoms with van der Waals surface area (Å²) in [4.78, 5) is 11.9. The minimum Gasteiger partial charge on any atom is -0.389 e. The molecular formula is C12H16ClN3OS. The van der Waals surface area contributed by atoms with Gasteiger partial charge in [-0.15, -0.1) is 0 Å². The second kappa shape index (κ2) is 6.56. The fraction of sp³-hybridized carbons (Fsp3) is 0.333. The molecule has 18 heavy (non-hydrogen) atoms. The Kier molecular flexibility index (Phi) is 5.37. The van der Waals surface area contributed by atoms with Crippen LogP contribution in [0.4, 0.5) is 5.69 Å². The number of halogens is 1. The maximum Gasteiger partial charge on any atom is 0.242 e. The average Bonchev–Trinajstić information content (AvgIpc) is 2.31. The lowest BCUT2D eigenvalue weighted by Crippen LogP contribution is -2.37. The Hall–Kier alpha value is -1.33. The van der Waals surface area contributed by atoms with Crippen molar-refractivity contribution in [1.29, 1.82) is 0 Å². The first-order chi connectivity index (χ1) is 8.45. The van der Waals surface area contributed by atoms with E-state index in [0.717, 1.165) is 0 Å². The highest BCUT2D eigenvalue weighted by Gasteiger charge is 2.13. The summed E-state index contributed by atoms with van der Waals surface area (Å²) in [6.45, 7) is 4.23. The van der Waals surface area contributed by atoms with Crippen LogP contribution >= 0.6 is 23.8 Å². The summed E-state index contributed by atoms with van der Waals surface area (Å²) in [6.07, 6.45) is 0. The fourth-order valence-corrected chi connectivity index (χ4v) is 1.77. The van der Waals surface area contributed by atoms with Gasteiger partial charge in [-0.25, -0.2) is 0 Å². The van der Waals surface area contributed by atoms with Crippen LogP contribution in [0.5, 0.6) is 0 Å². The maximum absolute atomic E-state index is 11.6. The molecule has 1 aromatic rings. The Morgan fingerprint density at radius 2 is 2.22 bits per heavy atom. The SMILES string of the molecule is CCNC(=O)C(C)Nc1ccc(C(N)=S)cc1Cl. The predicted octanol–water partition coefficient (Wildman–Crippen LogP) is 1.91. The highest BCUT2D eigenvalue weighted by Crippen LogP contribution is 2.23. The molecule has 1 unspecified atom stereocenters. The molecule has 1 rings (SSSR count). The van der Waals surface area contributed by atoms with Crippen molar-refractivity contribution in [3.8, 4) is 0 Å². The van der Waals surface area contributed by atoms with Crippen LogP contribution in [0.1, 0.15) is 19.4 Å². The van der Waals surface area contributed by atoms with Gasteiger partial charge in [0.15, 0.2) is 0 Å². The number of nitrogens with two attached hydrogens (primary N) is 1. The summed E-state index contributed by atoms with van der Waals surface area (Å²) in [5.74, 6) is -0.0769. The lowest BCUT2D eigenvalue weighted by Gasteiger charge is -2.16. The molecule has 0 aromatic heterocycles. The first-order valence-corrected chi connectivity index (χ1v) is 6.38. The van der Waals surface area contributed by atoms with Crippen molar-refractivity contribution in [2.45, 2.75) is 19.9 Å². The average molecular weight is 286 g/mol. The smallest absolute Gasteiger partial charge is 0.242 e. The van der Waals surface area contributed by atoms with E-state index in [1.807, 2.05) is 6.92 Å². The molecule has 1 amide bonds. The maximum atomic E-state index is 11.6. The van der Waals surface area contributed by atoms with Crippen LogP contribution in [0.3, 0.4) is 0 Å². The third kappa shape index (κ3) is 3.85. The molecule has 0 radical (unpaired) electrons. The van der Waals surface area contributed by atoms with Gasteiger partial charge in [0.2, 0.25) is 5.91 Å². The van der Waals surface area contributed by atoms with Gasteiger partial charge in [0.25, 0.3) is 0 Å². The van der Waals surface area contributed by atoms with Gasteiger partial charge in [0.1, 0.15) is 11.0 Å². The molecule has 0 fully saturated rings. The molecule has 1 aromatic carbocycles. The number of nitrogens with one attached hydrogen (secondary N) is 2. The number of likely N-dealkylation sites (N-methyl/N-ethyl adjacent to an activating group) is 1. The highest BCUT2D eigenvalue weighted by atomic mass is 35.5. The summed E-state index contributed by atoms with van der Waals surface area (Å²) < 4.78 is 0. The summed E-state index contributed by atoms with van der Waals surface area (Å²) >= 11 is 11.0. The summed E-state index contributed by atoms with van der Waals surface area (Å²) in [5, 5.41) is 6.24. The van der Waals surface area contributed by atoms with E-state index in [4.69, 9.17) is 29.6 Å². The molecule has 0 saturated heterocycles. The highest BCUT2D eigenvalue weighted by molar-refractivity contribution is 7.80. The Balaban J connectivity index is 2.79. The molecular weight excluding hydrogens is 270 g/mol. The number of hydrogen-bond donors (Lipinski definition) is 3. The third-order valence-corrected chi connectivity index (χ3v) is 2.92. The van der Waals surface area contributed by atoms with Crippen molar-refractivity contribution >= 4 is 40.4 Å². The fourth-order valence-electron chi connectivity index (χ4n) is 1.41. The molecule has 4 nitrogen and oxygen atoms in total. The summed E-state index contributed by atoms with van der Waals surface area (Å²) in [5.41, 5.74) is 6.89. The molecule has 0 spiro atoms. The minimum absolute atomic E-state index is 0.0769. The first kappa shape index (κ1) is 14.7. The number of carbonyl (C=O) groups excluding carboxylic acids is 1. The molecule has 0 aliphatic rings. The van der Waals surface area contributed by atoms with Crippen molar-refractivity contribution in [2.24, 2.45) is 5.73 Å². The molecule has 0 saturated carbocycles. The largest absolute Gasteiger partial charge is 0.389 e. The van der Waals surface area contributed by atoms with Crippen LogP contribution < -0.4 is 16.4 Å². The van der Waals surface area contributed by atoms with Gasteiger partial charge in [-0.2, -0.15) is 0 Å². The van der Waals surface area contributed by atoms with Crippen molar-refractivity contribution < 1.29 is 4.79 Å². The molecule has 0 aliphatic carbocycles. The zero-order valence-electron chi connectivity index (χ0n) is 10.3. The standard InChI is InChI=1S/C12H16ClN3OS/c1-3-15-12(17)7(2)16-10-5-4-8(11(14)18)6-9(10)13/h4-7,16H,3H2,1-2H3,(H2,14,18)(H,15,17). The number of rotatable bonds is 5. The zero-order valence-corrected chi connectivity index (χ0v) is 11.9. The van der Waals surface area contributed by atoms with E-state index in [1.165, 1.54) is 0 Å². The van der Waals surface area contributed by atoms with E-state index in [2.05, 4.69) is 10.6 Å². The number of amides is 1. The lowest BCUT2D eigenvalue weighted by molar-refractivity contribution is -0.121. The zero-order chi connectivity index (χ0) is 13.7. The third-order valence-electron chi connectivity index (χ3n) is 2.37. The van der Waals surface area contributed by atoms with E-state index >= 15 is 0 Å². The van der Waals surface area contributed by atoms with E-state index in [1.54, 1.807) is 25.1 Å². The number of carbonyl (C=O) groups is 1. The van der Waals surface area contributed by atoms with Gasteiger partial charge in [-0.3, -0.25) is 4.79 Å². The Labute approximate surface area is 117 Å². The van der Waals surface area contributed by atoms with E-state index in [9.17, 15) is 4.79 Å². The molecule has 4 N–H and O–H groups in total. The predicted molar refractivity (Wildman–Crippen MR) is 79.1 cm³/mol. The van der Waals surface area contributed by atoms with Crippen molar-refractivity contribution in [1.82, 2.24) is 5.32 Å². The number of benzene rings is 1. The number of hydrogen-bond acceptors (Lipinski definition) is 3. The van der Waals surface area contributed by atoms with Crippen LogP contribution in [0, 0.1) is 0 Å². The van der Waals surface area contributed by atoms with Crippen LogP contribution in [0.2, 0.25) is 5.02 Å². The topological polar surface area (TPSA) is 67.2 Å². The lowest BCUT2D eigenvalue weighted by atomic mass is 10.2. The normalized spacial score (nSPS) is 11.7. The van der Waals surface area contributed by atoms with E-state index in [0.29, 0.717) is 27.8 Å². The number of thiocarbonyl (C=S) groups is 1. The van der Waals surface area contributed by atoms with Gasteiger partial charge in [0.05, 0.1) is 10.7 Å². The first-order valence-electron chi connectivity index (χ1n) is 5.59. The monoisotopic (exact) mass is 285 g/mol. The van der Waals surface area contributed by atoms with E-state index < -0.39 is 0 Å². The molecule has 0 heterocycles. The second-order valence-electron chi connectivity index (χ2n) is 3.82. The van der Waals surface area contributed by atoms with Crippen molar-refractivity contribution in [3.63, 3.8) is 0 Å². The Morgan fingerprint density at radius 3 is 2.72 bits per heavy atom. The van der Waals surface area contributed by atoms with Crippen molar-refractivity contribution in [3.05, 3.63) is 28.8 Å².